The first kappa shape index (κ1) is 12.8. The summed E-state index contributed by atoms with van der Waals surface area (Å²) in [5, 5.41) is 6.41. The van der Waals surface area contributed by atoms with E-state index in [1.165, 1.54) is 0 Å². The molecule has 1 aliphatic carbocycles. The van der Waals surface area contributed by atoms with Gasteiger partial charge in [-0.2, -0.15) is 0 Å². The molecule has 0 unspecified atom stereocenters. The molecular weight excluding hydrogens is 228 g/mol. The zero-order valence-electron chi connectivity index (χ0n) is 10.9. The molecule has 2 N–H and O–H groups in total. The van der Waals surface area contributed by atoms with Gasteiger partial charge in [0, 0.05) is 30.8 Å². The summed E-state index contributed by atoms with van der Waals surface area (Å²) in [6, 6.07) is 2.75. The van der Waals surface area contributed by atoms with Crippen molar-refractivity contribution in [3.8, 4) is 0 Å². The van der Waals surface area contributed by atoms with Crippen LogP contribution in [0.3, 0.4) is 0 Å². The molecule has 2 rings (SSSR count). The second-order valence-electron chi connectivity index (χ2n) is 4.94. The second-order valence-corrected chi connectivity index (χ2v) is 4.94. The first-order valence-corrected chi connectivity index (χ1v) is 6.46. The maximum Gasteiger partial charge on any atom is 0.217 e. The molecule has 0 aliphatic heterocycles. The molecule has 1 heterocycles. The largest absolute Gasteiger partial charge is 0.367 e. The Kier molecular flexibility index (Phi) is 4.12. The Morgan fingerprint density at radius 1 is 1.22 bits per heavy atom. The zero-order chi connectivity index (χ0) is 13.0. The lowest BCUT2D eigenvalue weighted by molar-refractivity contribution is -0.119. The molecule has 0 saturated heterocycles. The molecule has 1 fully saturated rings. The number of amides is 1. The van der Waals surface area contributed by atoms with Crippen molar-refractivity contribution >= 4 is 11.7 Å². The summed E-state index contributed by atoms with van der Waals surface area (Å²) < 4.78 is 0. The molecule has 5 heteroatoms. The minimum absolute atomic E-state index is 0.0674. The van der Waals surface area contributed by atoms with Gasteiger partial charge in [-0.15, -0.1) is 0 Å². The molecule has 1 aromatic heterocycles. The standard InChI is InChI=1S/C13H20N4O/c1-9-7-13(15-8-14-9)17-12-5-3-11(4-6-12)16-10(2)18/h7-8,11-12H,3-6H2,1-2H3,(H,16,18)(H,14,15,17)/t11-,12-. The normalized spacial score (nSPS) is 23.4. The fourth-order valence-electron chi connectivity index (χ4n) is 2.41. The van der Waals surface area contributed by atoms with Crippen LogP contribution in [-0.4, -0.2) is 28.0 Å². The maximum atomic E-state index is 11.0. The number of nitrogens with zero attached hydrogens (tertiary/aromatic N) is 2. The van der Waals surface area contributed by atoms with Crippen molar-refractivity contribution in [1.29, 1.82) is 0 Å². The Morgan fingerprint density at radius 2 is 1.89 bits per heavy atom. The van der Waals surface area contributed by atoms with Crippen LogP contribution in [0.25, 0.3) is 0 Å². The molecule has 5 nitrogen and oxygen atoms in total. The molecule has 1 amide bonds. The number of anilines is 1. The van der Waals surface area contributed by atoms with Crippen LogP contribution in [0.1, 0.15) is 38.3 Å². The van der Waals surface area contributed by atoms with E-state index in [1.54, 1.807) is 13.3 Å². The summed E-state index contributed by atoms with van der Waals surface area (Å²) in [6.07, 6.45) is 5.77. The Morgan fingerprint density at radius 3 is 2.50 bits per heavy atom. The van der Waals surface area contributed by atoms with Gasteiger partial charge in [-0.25, -0.2) is 9.97 Å². The Bertz CT molecular complexity index is 413. The van der Waals surface area contributed by atoms with Gasteiger partial charge in [0.1, 0.15) is 12.1 Å². The SMILES string of the molecule is CC(=O)N[C@H]1CC[C@H](Nc2cc(C)ncn2)CC1. The fourth-order valence-corrected chi connectivity index (χ4v) is 2.41. The number of aryl methyl sites for hydroxylation is 1. The summed E-state index contributed by atoms with van der Waals surface area (Å²) in [6.45, 7) is 3.54. The molecule has 1 saturated carbocycles. The average molecular weight is 248 g/mol. The summed E-state index contributed by atoms with van der Waals surface area (Å²) in [5.74, 6) is 0.961. The predicted molar refractivity (Wildman–Crippen MR) is 70.3 cm³/mol. The van der Waals surface area contributed by atoms with Crippen LogP contribution in [0.15, 0.2) is 12.4 Å². The van der Waals surface area contributed by atoms with Gasteiger partial charge in [0.25, 0.3) is 0 Å². The Hall–Kier alpha value is -1.65. The third-order valence-corrected chi connectivity index (χ3v) is 3.29. The second kappa shape index (κ2) is 5.80. The van der Waals surface area contributed by atoms with Crippen molar-refractivity contribution in [3.05, 3.63) is 18.1 Å². The van der Waals surface area contributed by atoms with Crippen LogP contribution in [0.4, 0.5) is 5.82 Å². The van der Waals surface area contributed by atoms with Crippen molar-refractivity contribution in [2.75, 3.05) is 5.32 Å². The van der Waals surface area contributed by atoms with Gasteiger partial charge in [0.15, 0.2) is 0 Å². The van der Waals surface area contributed by atoms with Gasteiger partial charge >= 0.3 is 0 Å². The van der Waals surface area contributed by atoms with E-state index >= 15 is 0 Å². The van der Waals surface area contributed by atoms with Gasteiger partial charge < -0.3 is 10.6 Å². The summed E-state index contributed by atoms with van der Waals surface area (Å²) in [7, 11) is 0. The van der Waals surface area contributed by atoms with Gasteiger partial charge in [0.05, 0.1) is 0 Å². The van der Waals surface area contributed by atoms with E-state index in [9.17, 15) is 4.79 Å². The summed E-state index contributed by atoms with van der Waals surface area (Å²) in [5.41, 5.74) is 0.972. The van der Waals surface area contributed by atoms with Gasteiger partial charge in [-0.1, -0.05) is 0 Å². The molecule has 0 atom stereocenters. The van der Waals surface area contributed by atoms with Crippen LogP contribution in [-0.2, 0) is 4.79 Å². The molecule has 18 heavy (non-hydrogen) atoms. The number of nitrogens with one attached hydrogen (secondary N) is 2. The van der Waals surface area contributed by atoms with Crippen LogP contribution >= 0.6 is 0 Å². The van der Waals surface area contributed by atoms with Crippen LogP contribution < -0.4 is 10.6 Å². The highest BCUT2D eigenvalue weighted by Crippen LogP contribution is 2.21. The van der Waals surface area contributed by atoms with E-state index in [0.29, 0.717) is 12.1 Å². The lowest BCUT2D eigenvalue weighted by Gasteiger charge is -2.29. The molecule has 98 valence electrons. The quantitative estimate of drug-likeness (QED) is 0.853. The third-order valence-electron chi connectivity index (χ3n) is 3.29. The predicted octanol–water partition coefficient (Wildman–Crippen LogP) is 1.64. The number of hydrogen-bond donors (Lipinski definition) is 2. The summed E-state index contributed by atoms with van der Waals surface area (Å²) in [4.78, 5) is 19.3. The number of carbonyl (C=O) groups excluding carboxylic acids is 1. The van der Waals surface area contributed by atoms with Crippen molar-refractivity contribution in [2.45, 2.75) is 51.6 Å². The van der Waals surface area contributed by atoms with Crippen molar-refractivity contribution < 1.29 is 4.79 Å². The number of carbonyl (C=O) groups is 1. The first-order chi connectivity index (χ1) is 8.63. The smallest absolute Gasteiger partial charge is 0.217 e. The van der Waals surface area contributed by atoms with Crippen molar-refractivity contribution in [1.82, 2.24) is 15.3 Å². The lowest BCUT2D eigenvalue weighted by Crippen LogP contribution is -2.39. The monoisotopic (exact) mass is 248 g/mol. The van der Waals surface area contributed by atoms with Gasteiger partial charge in [0.2, 0.25) is 5.91 Å². The van der Waals surface area contributed by atoms with Gasteiger partial charge in [-0.3, -0.25) is 4.79 Å². The minimum Gasteiger partial charge on any atom is -0.367 e. The minimum atomic E-state index is 0.0674. The number of hydrogen-bond acceptors (Lipinski definition) is 4. The molecule has 0 radical (unpaired) electrons. The highest BCUT2D eigenvalue weighted by Gasteiger charge is 2.21. The highest BCUT2D eigenvalue weighted by atomic mass is 16.1. The molecule has 0 aromatic carbocycles. The van der Waals surface area contributed by atoms with Crippen LogP contribution in [0.5, 0.6) is 0 Å². The topological polar surface area (TPSA) is 66.9 Å². The molecule has 1 aliphatic rings. The van der Waals surface area contributed by atoms with Crippen LogP contribution in [0.2, 0.25) is 0 Å². The molecular formula is C13H20N4O. The van der Waals surface area contributed by atoms with E-state index < -0.39 is 0 Å². The first-order valence-electron chi connectivity index (χ1n) is 6.46. The fraction of sp³-hybridized carbons (Fsp3) is 0.615. The van der Waals surface area contributed by atoms with Gasteiger partial charge in [-0.05, 0) is 32.6 Å². The molecule has 1 aromatic rings. The number of aromatic nitrogens is 2. The zero-order valence-corrected chi connectivity index (χ0v) is 10.9. The van der Waals surface area contributed by atoms with E-state index in [-0.39, 0.29) is 5.91 Å². The summed E-state index contributed by atoms with van der Waals surface area (Å²) >= 11 is 0. The van der Waals surface area contributed by atoms with Crippen molar-refractivity contribution in [3.63, 3.8) is 0 Å². The van der Waals surface area contributed by atoms with E-state index in [4.69, 9.17) is 0 Å². The number of rotatable bonds is 3. The molecule has 0 bridgehead atoms. The van der Waals surface area contributed by atoms with E-state index in [1.807, 2.05) is 13.0 Å². The third kappa shape index (κ3) is 3.68. The lowest BCUT2D eigenvalue weighted by atomic mass is 9.91. The highest BCUT2D eigenvalue weighted by molar-refractivity contribution is 5.73. The van der Waals surface area contributed by atoms with Crippen LogP contribution in [0, 0.1) is 6.92 Å². The van der Waals surface area contributed by atoms with Crippen molar-refractivity contribution in [2.24, 2.45) is 0 Å². The Balaban J connectivity index is 1.81. The van der Waals surface area contributed by atoms with E-state index in [2.05, 4.69) is 20.6 Å². The van der Waals surface area contributed by atoms with E-state index in [0.717, 1.165) is 37.2 Å². The maximum absolute atomic E-state index is 11.0. The molecule has 0 spiro atoms. The average Bonchev–Trinajstić information content (AvgIpc) is 2.31. The Labute approximate surface area is 107 Å².